The van der Waals surface area contributed by atoms with E-state index < -0.39 is 0 Å². The molecule has 0 aliphatic carbocycles. The molecule has 0 radical (unpaired) electrons. The molecule has 0 saturated heterocycles. The van der Waals surface area contributed by atoms with Gasteiger partial charge in [-0.2, -0.15) is 5.26 Å². The van der Waals surface area contributed by atoms with Crippen LogP contribution < -0.4 is 0 Å². The van der Waals surface area contributed by atoms with Crippen LogP contribution in [0.25, 0.3) is 11.3 Å². The Hall–Kier alpha value is -1.60. The summed E-state index contributed by atoms with van der Waals surface area (Å²) >= 11 is 3.55. The van der Waals surface area contributed by atoms with Crippen molar-refractivity contribution in [2.45, 2.75) is 26.8 Å². The molecule has 0 bridgehead atoms. The van der Waals surface area contributed by atoms with Gasteiger partial charge in [0.2, 0.25) is 0 Å². The first-order chi connectivity index (χ1) is 8.57. The number of halogens is 1. The lowest BCUT2D eigenvalue weighted by atomic mass is 10.2. The fourth-order valence-electron chi connectivity index (χ4n) is 2.22. The van der Waals surface area contributed by atoms with Crippen LogP contribution in [0.4, 0.5) is 0 Å². The van der Waals surface area contributed by atoms with Crippen LogP contribution >= 0.6 is 15.9 Å². The summed E-state index contributed by atoms with van der Waals surface area (Å²) in [6, 6.07) is 6.46. The molecular weight excluding hydrogens is 290 g/mol. The minimum absolute atomic E-state index is 0.290. The van der Waals surface area contributed by atoms with Crippen molar-refractivity contribution in [1.29, 1.82) is 5.26 Å². The Morgan fingerprint density at radius 2 is 2.17 bits per heavy atom. The molecule has 0 aliphatic rings. The molecule has 0 amide bonds. The van der Waals surface area contributed by atoms with E-state index in [4.69, 9.17) is 0 Å². The van der Waals surface area contributed by atoms with Gasteiger partial charge in [0.25, 0.3) is 0 Å². The molecule has 0 spiro atoms. The maximum Gasteiger partial charge on any atom is 0.102 e. The average Bonchev–Trinajstić information content (AvgIpc) is 2.61. The number of hydrogen-bond acceptors (Lipinski definition) is 2. The van der Waals surface area contributed by atoms with Crippen molar-refractivity contribution in [3.63, 3.8) is 0 Å². The molecule has 18 heavy (non-hydrogen) atoms. The molecular formula is C14H14BrN3. The second kappa shape index (κ2) is 4.95. The third-order valence-electron chi connectivity index (χ3n) is 2.95. The highest BCUT2D eigenvalue weighted by atomic mass is 79.9. The van der Waals surface area contributed by atoms with Gasteiger partial charge < -0.3 is 4.57 Å². The fraction of sp³-hybridized carbons (Fsp3) is 0.286. The van der Waals surface area contributed by atoms with Crippen LogP contribution in [-0.2, 0) is 0 Å². The molecule has 2 rings (SSSR count). The van der Waals surface area contributed by atoms with E-state index in [2.05, 4.69) is 45.4 Å². The van der Waals surface area contributed by atoms with Gasteiger partial charge >= 0.3 is 0 Å². The molecule has 0 aromatic carbocycles. The van der Waals surface area contributed by atoms with Crippen LogP contribution in [0.15, 0.2) is 29.0 Å². The minimum atomic E-state index is 0.290. The summed E-state index contributed by atoms with van der Waals surface area (Å²) in [5, 5.41) is 9.26. The standard InChI is InChI=1S/C14H14BrN3/c1-9(2)18-10(3)12(7-16)13(15)14(18)11-5-4-6-17-8-11/h4-6,8-9H,1-3H3. The van der Waals surface area contributed by atoms with Crippen LogP contribution in [0.1, 0.15) is 31.1 Å². The van der Waals surface area contributed by atoms with Crippen LogP contribution in [0.5, 0.6) is 0 Å². The molecule has 0 aliphatic heterocycles. The number of aromatic nitrogens is 2. The zero-order valence-corrected chi connectivity index (χ0v) is 12.2. The monoisotopic (exact) mass is 303 g/mol. The number of nitriles is 1. The van der Waals surface area contributed by atoms with Crippen molar-refractivity contribution in [1.82, 2.24) is 9.55 Å². The zero-order valence-electron chi connectivity index (χ0n) is 10.6. The SMILES string of the molecule is Cc1c(C#N)c(Br)c(-c2cccnc2)n1C(C)C. The summed E-state index contributed by atoms with van der Waals surface area (Å²) in [5.41, 5.74) is 3.72. The summed E-state index contributed by atoms with van der Waals surface area (Å²) in [5.74, 6) is 0. The molecule has 2 heterocycles. The van der Waals surface area contributed by atoms with Gasteiger partial charge in [-0.1, -0.05) is 0 Å². The van der Waals surface area contributed by atoms with Crippen molar-refractivity contribution >= 4 is 15.9 Å². The Labute approximate surface area is 115 Å². The van der Waals surface area contributed by atoms with E-state index in [1.807, 2.05) is 25.3 Å². The highest BCUT2D eigenvalue weighted by molar-refractivity contribution is 9.10. The van der Waals surface area contributed by atoms with Crippen molar-refractivity contribution in [2.75, 3.05) is 0 Å². The first-order valence-corrected chi connectivity index (χ1v) is 6.58. The Morgan fingerprint density at radius 1 is 1.44 bits per heavy atom. The first-order valence-electron chi connectivity index (χ1n) is 5.78. The van der Waals surface area contributed by atoms with Crippen LogP contribution in [0.2, 0.25) is 0 Å². The Balaban J connectivity index is 2.79. The molecule has 3 nitrogen and oxygen atoms in total. The molecule has 92 valence electrons. The van der Waals surface area contributed by atoms with Crippen molar-refractivity contribution in [3.05, 3.63) is 40.3 Å². The molecule has 2 aromatic heterocycles. The number of nitrogens with zero attached hydrogens (tertiary/aromatic N) is 3. The lowest BCUT2D eigenvalue weighted by Crippen LogP contribution is -2.05. The maximum atomic E-state index is 9.26. The van der Waals surface area contributed by atoms with Gasteiger partial charge in [0.15, 0.2) is 0 Å². The highest BCUT2D eigenvalue weighted by Crippen LogP contribution is 2.37. The second-order valence-electron chi connectivity index (χ2n) is 4.44. The van der Waals surface area contributed by atoms with Gasteiger partial charge in [0.1, 0.15) is 6.07 Å². The molecule has 4 heteroatoms. The van der Waals surface area contributed by atoms with Crippen molar-refractivity contribution in [2.24, 2.45) is 0 Å². The maximum absolute atomic E-state index is 9.26. The molecule has 0 N–H and O–H groups in total. The lowest BCUT2D eigenvalue weighted by molar-refractivity contribution is 0.594. The van der Waals surface area contributed by atoms with Gasteiger partial charge in [-0.3, -0.25) is 4.98 Å². The van der Waals surface area contributed by atoms with Gasteiger partial charge in [0, 0.05) is 29.7 Å². The number of hydrogen-bond donors (Lipinski definition) is 0. The van der Waals surface area contributed by atoms with E-state index >= 15 is 0 Å². The van der Waals surface area contributed by atoms with Crippen molar-refractivity contribution < 1.29 is 0 Å². The average molecular weight is 304 g/mol. The molecule has 0 unspecified atom stereocenters. The third kappa shape index (κ3) is 1.95. The lowest BCUT2D eigenvalue weighted by Gasteiger charge is -2.15. The summed E-state index contributed by atoms with van der Waals surface area (Å²) < 4.78 is 3.02. The predicted octanol–water partition coefficient (Wildman–Crippen LogP) is 4.07. The van der Waals surface area contributed by atoms with E-state index in [-0.39, 0.29) is 0 Å². The summed E-state index contributed by atoms with van der Waals surface area (Å²) in [7, 11) is 0. The third-order valence-corrected chi connectivity index (χ3v) is 3.73. The zero-order chi connectivity index (χ0) is 13.3. The smallest absolute Gasteiger partial charge is 0.102 e. The largest absolute Gasteiger partial charge is 0.340 e. The van der Waals surface area contributed by atoms with Gasteiger partial charge in [-0.25, -0.2) is 0 Å². The number of pyridine rings is 1. The predicted molar refractivity (Wildman–Crippen MR) is 75.2 cm³/mol. The molecule has 0 saturated carbocycles. The van der Waals surface area contributed by atoms with E-state index in [0.717, 1.165) is 21.4 Å². The number of rotatable bonds is 2. The second-order valence-corrected chi connectivity index (χ2v) is 5.23. The molecule has 0 atom stereocenters. The highest BCUT2D eigenvalue weighted by Gasteiger charge is 2.21. The van der Waals surface area contributed by atoms with Gasteiger partial charge in [-0.15, -0.1) is 0 Å². The first kappa shape index (κ1) is 12.8. The minimum Gasteiger partial charge on any atom is -0.340 e. The quantitative estimate of drug-likeness (QED) is 0.839. The topological polar surface area (TPSA) is 41.6 Å². The molecule has 2 aromatic rings. The Kier molecular flexibility index (Phi) is 3.53. The summed E-state index contributed by atoms with van der Waals surface area (Å²) in [4.78, 5) is 4.15. The van der Waals surface area contributed by atoms with Crippen LogP contribution in [0.3, 0.4) is 0 Å². The van der Waals surface area contributed by atoms with Crippen LogP contribution in [-0.4, -0.2) is 9.55 Å². The van der Waals surface area contributed by atoms with Gasteiger partial charge in [0.05, 0.1) is 15.7 Å². The normalized spacial score (nSPS) is 10.7. The Bertz CT molecular complexity index is 606. The summed E-state index contributed by atoms with van der Waals surface area (Å²) in [6.45, 7) is 6.20. The van der Waals surface area contributed by atoms with E-state index in [9.17, 15) is 5.26 Å². The van der Waals surface area contributed by atoms with E-state index in [1.54, 1.807) is 6.20 Å². The fourth-order valence-corrected chi connectivity index (χ4v) is 3.01. The van der Waals surface area contributed by atoms with E-state index in [1.165, 1.54) is 0 Å². The van der Waals surface area contributed by atoms with Crippen LogP contribution in [0, 0.1) is 18.3 Å². The summed E-state index contributed by atoms with van der Waals surface area (Å²) in [6.07, 6.45) is 3.57. The Morgan fingerprint density at radius 3 is 2.67 bits per heavy atom. The van der Waals surface area contributed by atoms with E-state index in [0.29, 0.717) is 11.6 Å². The van der Waals surface area contributed by atoms with Crippen molar-refractivity contribution in [3.8, 4) is 17.3 Å². The van der Waals surface area contributed by atoms with Gasteiger partial charge in [-0.05, 0) is 48.8 Å². The molecule has 0 fully saturated rings.